The number of allylic oxidation sites excluding steroid dienone is 11. The largest absolute Gasteiger partial charge is 0.756 e. The maximum atomic E-state index is 12.7. The molecule has 10 heteroatoms. The summed E-state index contributed by atoms with van der Waals surface area (Å²) in [5, 5.41) is 0. The Labute approximate surface area is 495 Å². The number of hydrogen-bond acceptors (Lipinski definition) is 8. The van der Waals surface area contributed by atoms with E-state index in [2.05, 4.69) is 68.5 Å². The molecule has 0 rings (SSSR count). The smallest absolute Gasteiger partial charge is 0.310 e. The molecule has 466 valence electrons. The molecule has 0 aromatic heterocycles. The van der Waals surface area contributed by atoms with Crippen LogP contribution in [0, 0.1) is 0 Å². The van der Waals surface area contributed by atoms with Gasteiger partial charge in [-0.1, -0.05) is 305 Å². The van der Waals surface area contributed by atoms with Gasteiger partial charge in [0, 0.05) is 6.42 Å². The SMILES string of the molecule is CC/C=C\C/C=C\C/C=C\C/C=C\C/C=C\CC(=O)OC(COC(=O)CCCCCCCCCCCCCCCCCCCCCCCCCCCCCCC/C=C\CCCCCCCCCC)COP(=O)([O-])OCC[N+](C)(C)C. The number of rotatable bonds is 62. The van der Waals surface area contributed by atoms with Crippen molar-refractivity contribution in [2.45, 2.75) is 315 Å². The summed E-state index contributed by atoms with van der Waals surface area (Å²) in [6.07, 6.45) is 82.0. The van der Waals surface area contributed by atoms with Crippen molar-refractivity contribution in [1.29, 1.82) is 0 Å². The van der Waals surface area contributed by atoms with Crippen LogP contribution in [-0.4, -0.2) is 70.0 Å². The molecule has 0 aromatic rings. The molecule has 0 fully saturated rings. The molecular formula is C70H128NO8P. The Morgan fingerprint density at radius 2 is 0.750 bits per heavy atom. The first-order valence-corrected chi connectivity index (χ1v) is 35.1. The summed E-state index contributed by atoms with van der Waals surface area (Å²) in [5.74, 6) is -0.974. The normalized spacial score (nSPS) is 13.6. The van der Waals surface area contributed by atoms with Gasteiger partial charge >= 0.3 is 11.9 Å². The second kappa shape index (κ2) is 61.0. The van der Waals surface area contributed by atoms with Crippen molar-refractivity contribution in [2.75, 3.05) is 47.5 Å². The molecule has 0 bridgehead atoms. The first-order valence-electron chi connectivity index (χ1n) is 33.6. The molecule has 0 radical (unpaired) electrons. The highest BCUT2D eigenvalue weighted by atomic mass is 31.2. The first kappa shape index (κ1) is 77.5. The molecule has 0 aliphatic heterocycles. The van der Waals surface area contributed by atoms with Gasteiger partial charge in [-0.3, -0.25) is 14.2 Å². The van der Waals surface area contributed by atoms with Crippen molar-refractivity contribution in [3.63, 3.8) is 0 Å². The summed E-state index contributed by atoms with van der Waals surface area (Å²) in [6, 6.07) is 0. The number of likely N-dealkylation sites (N-methyl/N-ethyl adjacent to an activating group) is 1. The summed E-state index contributed by atoms with van der Waals surface area (Å²) >= 11 is 0. The van der Waals surface area contributed by atoms with Gasteiger partial charge < -0.3 is 27.9 Å². The Bertz CT molecular complexity index is 1580. The van der Waals surface area contributed by atoms with Crippen molar-refractivity contribution >= 4 is 19.8 Å². The minimum absolute atomic E-state index is 0.00778. The molecule has 0 N–H and O–H groups in total. The molecule has 0 aromatic carbocycles. The number of carbonyl (C=O) groups is 2. The average Bonchev–Trinajstić information content (AvgIpc) is 3.42. The van der Waals surface area contributed by atoms with E-state index in [0.29, 0.717) is 17.4 Å². The number of unbranched alkanes of at least 4 members (excludes halogenated alkanes) is 37. The lowest BCUT2D eigenvalue weighted by Gasteiger charge is -2.28. The fraction of sp³-hybridized carbons (Fsp3) is 0.800. The number of carbonyl (C=O) groups excluding carboxylic acids is 2. The van der Waals surface area contributed by atoms with Crippen LogP contribution < -0.4 is 4.89 Å². The molecule has 0 aliphatic carbocycles. The Kier molecular flexibility index (Phi) is 59.1. The zero-order valence-corrected chi connectivity index (χ0v) is 53.9. The molecule has 2 atom stereocenters. The van der Waals surface area contributed by atoms with E-state index in [0.717, 1.165) is 44.9 Å². The maximum absolute atomic E-state index is 12.7. The molecule has 0 saturated carbocycles. The Hall–Kier alpha value is -2.55. The van der Waals surface area contributed by atoms with Gasteiger partial charge in [0.05, 0.1) is 34.2 Å². The molecule has 0 saturated heterocycles. The van der Waals surface area contributed by atoms with Gasteiger partial charge in [0.2, 0.25) is 0 Å². The van der Waals surface area contributed by atoms with Crippen molar-refractivity contribution in [3.8, 4) is 0 Å². The molecule has 80 heavy (non-hydrogen) atoms. The predicted octanol–water partition coefficient (Wildman–Crippen LogP) is 21.0. The van der Waals surface area contributed by atoms with Crippen LogP contribution in [0.5, 0.6) is 0 Å². The van der Waals surface area contributed by atoms with Gasteiger partial charge in [-0.25, -0.2) is 0 Å². The van der Waals surface area contributed by atoms with E-state index in [9.17, 15) is 19.0 Å². The molecule has 9 nitrogen and oxygen atoms in total. The summed E-state index contributed by atoms with van der Waals surface area (Å²) in [4.78, 5) is 37.8. The lowest BCUT2D eigenvalue weighted by molar-refractivity contribution is -0.870. The number of ether oxygens (including phenoxy) is 2. The van der Waals surface area contributed by atoms with E-state index in [4.69, 9.17) is 18.5 Å². The maximum Gasteiger partial charge on any atom is 0.310 e. The second-order valence-corrected chi connectivity index (χ2v) is 25.2. The minimum Gasteiger partial charge on any atom is -0.756 e. The zero-order valence-electron chi connectivity index (χ0n) is 53.0. The lowest BCUT2D eigenvalue weighted by atomic mass is 10.0. The van der Waals surface area contributed by atoms with Crippen LogP contribution in [0.4, 0.5) is 0 Å². The van der Waals surface area contributed by atoms with E-state index < -0.39 is 32.5 Å². The molecule has 0 spiro atoms. The predicted molar refractivity (Wildman–Crippen MR) is 342 cm³/mol. The highest BCUT2D eigenvalue weighted by Crippen LogP contribution is 2.38. The molecule has 0 heterocycles. The van der Waals surface area contributed by atoms with Crippen molar-refractivity contribution in [3.05, 3.63) is 72.9 Å². The van der Waals surface area contributed by atoms with Crippen LogP contribution in [0.25, 0.3) is 0 Å². The van der Waals surface area contributed by atoms with E-state index >= 15 is 0 Å². The highest BCUT2D eigenvalue weighted by Gasteiger charge is 2.21. The van der Waals surface area contributed by atoms with E-state index in [1.54, 1.807) is 6.08 Å². The number of phosphoric ester groups is 1. The summed E-state index contributed by atoms with van der Waals surface area (Å²) in [5.41, 5.74) is 0. The van der Waals surface area contributed by atoms with Gasteiger partial charge in [0.1, 0.15) is 19.8 Å². The van der Waals surface area contributed by atoms with Gasteiger partial charge in [-0.15, -0.1) is 0 Å². The number of nitrogens with zero attached hydrogens (tertiary/aromatic N) is 1. The summed E-state index contributed by atoms with van der Waals surface area (Å²) in [7, 11) is 1.11. The van der Waals surface area contributed by atoms with E-state index in [1.807, 2.05) is 33.3 Å². The second-order valence-electron chi connectivity index (χ2n) is 23.8. The van der Waals surface area contributed by atoms with Crippen molar-refractivity contribution in [2.24, 2.45) is 0 Å². The number of hydrogen-bond donors (Lipinski definition) is 0. The van der Waals surface area contributed by atoms with Crippen LogP contribution in [0.1, 0.15) is 309 Å². The van der Waals surface area contributed by atoms with Crippen molar-refractivity contribution in [1.82, 2.24) is 0 Å². The quantitative estimate of drug-likeness (QED) is 0.0195. The Balaban J connectivity index is 3.87. The third-order valence-electron chi connectivity index (χ3n) is 14.7. The van der Waals surface area contributed by atoms with Crippen LogP contribution in [0.2, 0.25) is 0 Å². The van der Waals surface area contributed by atoms with Crippen LogP contribution in [0.15, 0.2) is 72.9 Å². The monoisotopic (exact) mass is 1140 g/mol. The zero-order chi connectivity index (χ0) is 58.4. The van der Waals surface area contributed by atoms with E-state index in [1.165, 1.54) is 231 Å². The van der Waals surface area contributed by atoms with E-state index in [-0.39, 0.29) is 26.1 Å². The Morgan fingerprint density at radius 1 is 0.412 bits per heavy atom. The average molecular weight is 1140 g/mol. The van der Waals surface area contributed by atoms with Crippen LogP contribution >= 0.6 is 7.82 Å². The minimum atomic E-state index is -4.66. The number of quaternary nitrogens is 1. The fourth-order valence-electron chi connectivity index (χ4n) is 9.61. The fourth-order valence-corrected chi connectivity index (χ4v) is 10.3. The molecule has 0 aliphatic rings. The third kappa shape index (κ3) is 64.6. The van der Waals surface area contributed by atoms with Crippen LogP contribution in [-0.2, 0) is 32.7 Å². The molecule has 0 amide bonds. The van der Waals surface area contributed by atoms with Gasteiger partial charge in [0.25, 0.3) is 7.82 Å². The number of phosphoric acid groups is 1. The molecule has 2 unspecified atom stereocenters. The summed E-state index contributed by atoms with van der Waals surface area (Å²) in [6.45, 7) is 4.03. The van der Waals surface area contributed by atoms with Crippen molar-refractivity contribution < 1.29 is 42.1 Å². The lowest BCUT2D eigenvalue weighted by Crippen LogP contribution is -2.37. The van der Waals surface area contributed by atoms with Crippen LogP contribution in [0.3, 0.4) is 0 Å². The third-order valence-corrected chi connectivity index (χ3v) is 15.7. The van der Waals surface area contributed by atoms with Gasteiger partial charge in [-0.2, -0.15) is 0 Å². The molecular weight excluding hydrogens is 1010 g/mol. The Morgan fingerprint density at radius 3 is 1.11 bits per heavy atom. The highest BCUT2D eigenvalue weighted by molar-refractivity contribution is 7.45. The summed E-state index contributed by atoms with van der Waals surface area (Å²) < 4.78 is 34.0. The van der Waals surface area contributed by atoms with Gasteiger partial charge in [-0.05, 0) is 64.2 Å². The first-order chi connectivity index (χ1) is 39.0. The standard InChI is InChI=1S/C70H128NO8P/c1-6-8-10-12-14-16-18-20-22-23-24-25-26-27-28-29-30-31-32-33-34-35-36-37-38-39-40-41-42-43-44-45-46-47-49-50-52-54-56-58-60-62-69(72)76-66-68(67-78-80(74,75)77-65-64-71(3,4)5)79-70(73)63-61-59-57-55-53-51-48-21-19-17-15-13-11-9-7-2/h9,11,15,17,21,23-24,48,53,55,59,61,68H,6-8,10,12-14,16,18-20,22,25-47,49-52,54,56-58,60,62-67H2,1-5H3/b11-9-,17-15-,24-23-,48-21-,55-53-,61-59-. The number of esters is 2. The van der Waals surface area contributed by atoms with Gasteiger partial charge in [0.15, 0.2) is 6.10 Å². The topological polar surface area (TPSA) is 111 Å².